The molecule has 0 aliphatic rings. The zero-order valence-corrected chi connectivity index (χ0v) is 11.6. The fourth-order valence-corrected chi connectivity index (χ4v) is 2.13. The van der Waals surface area contributed by atoms with E-state index in [0.29, 0.717) is 18.8 Å². The minimum Gasteiger partial charge on any atom is -0.466 e. The fourth-order valence-electron chi connectivity index (χ4n) is 1.33. The molecule has 0 bridgehead atoms. The predicted molar refractivity (Wildman–Crippen MR) is 68.0 cm³/mol. The average molecular weight is 257 g/mol. The van der Waals surface area contributed by atoms with Crippen LogP contribution in [-0.4, -0.2) is 22.8 Å². The number of carbonyl (C=O) groups is 1. The van der Waals surface area contributed by atoms with E-state index >= 15 is 0 Å². The van der Waals surface area contributed by atoms with E-state index in [2.05, 4.69) is 4.98 Å². The number of rotatable bonds is 6. The van der Waals surface area contributed by atoms with Gasteiger partial charge in [0.25, 0.3) is 0 Å². The minimum absolute atomic E-state index is 0.146. The number of ether oxygens (including phenoxy) is 1. The third kappa shape index (κ3) is 4.81. The van der Waals surface area contributed by atoms with Gasteiger partial charge in [0.2, 0.25) is 5.89 Å². The summed E-state index contributed by atoms with van der Waals surface area (Å²) in [5.74, 6) is 2.13. The number of aromatic nitrogens is 1. The van der Waals surface area contributed by atoms with Crippen LogP contribution in [-0.2, 0) is 15.3 Å². The van der Waals surface area contributed by atoms with Gasteiger partial charge in [-0.1, -0.05) is 6.92 Å². The van der Waals surface area contributed by atoms with Crippen LogP contribution in [0.2, 0.25) is 0 Å². The van der Waals surface area contributed by atoms with Crippen LogP contribution >= 0.6 is 11.8 Å². The molecule has 0 N–H and O–H groups in total. The molecular weight excluding hydrogens is 238 g/mol. The number of hydrogen-bond acceptors (Lipinski definition) is 5. The van der Waals surface area contributed by atoms with Crippen molar-refractivity contribution in [2.45, 2.75) is 45.1 Å². The number of carbonyl (C=O) groups excluding carboxylic acids is 1. The summed E-state index contributed by atoms with van der Waals surface area (Å²) in [6.07, 6.45) is 0.428. The maximum absolute atomic E-state index is 11.2. The highest BCUT2D eigenvalue weighted by Crippen LogP contribution is 2.21. The second kappa shape index (κ2) is 6.69. The van der Waals surface area contributed by atoms with Crippen LogP contribution in [0.3, 0.4) is 0 Å². The molecule has 96 valence electrons. The van der Waals surface area contributed by atoms with E-state index in [9.17, 15) is 4.79 Å². The molecule has 1 heterocycles. The van der Waals surface area contributed by atoms with Gasteiger partial charge in [0.05, 0.1) is 24.5 Å². The Labute approximate surface area is 106 Å². The number of nitrogens with zero attached hydrogens (tertiary/aromatic N) is 1. The normalized spacial score (nSPS) is 12.5. The molecule has 0 aliphatic carbocycles. The highest BCUT2D eigenvalue weighted by Gasteiger charge is 2.12. The smallest absolute Gasteiger partial charge is 0.306 e. The Morgan fingerprint density at radius 3 is 2.76 bits per heavy atom. The monoisotopic (exact) mass is 257 g/mol. The van der Waals surface area contributed by atoms with Crippen LogP contribution in [0.15, 0.2) is 4.42 Å². The molecule has 1 atom stereocenters. The van der Waals surface area contributed by atoms with E-state index in [1.165, 1.54) is 0 Å². The van der Waals surface area contributed by atoms with Crippen molar-refractivity contribution in [2.75, 3.05) is 6.61 Å². The molecule has 0 unspecified atom stereocenters. The largest absolute Gasteiger partial charge is 0.466 e. The molecule has 0 amide bonds. The molecule has 17 heavy (non-hydrogen) atoms. The van der Waals surface area contributed by atoms with Gasteiger partial charge in [-0.05, 0) is 20.8 Å². The van der Waals surface area contributed by atoms with Crippen LogP contribution in [0.4, 0.5) is 0 Å². The van der Waals surface area contributed by atoms with Crippen molar-refractivity contribution in [1.29, 1.82) is 0 Å². The number of hydrogen-bond donors (Lipinski definition) is 0. The van der Waals surface area contributed by atoms with Gasteiger partial charge < -0.3 is 9.15 Å². The second-order valence-electron chi connectivity index (χ2n) is 3.88. The summed E-state index contributed by atoms with van der Waals surface area (Å²) in [6, 6.07) is 0. The molecule has 0 saturated carbocycles. The van der Waals surface area contributed by atoms with Gasteiger partial charge in [0.15, 0.2) is 0 Å². The molecule has 5 heteroatoms. The van der Waals surface area contributed by atoms with Crippen LogP contribution in [0.25, 0.3) is 0 Å². The van der Waals surface area contributed by atoms with E-state index in [1.807, 2.05) is 27.7 Å². The Morgan fingerprint density at radius 2 is 2.24 bits per heavy atom. The lowest BCUT2D eigenvalue weighted by Gasteiger charge is -2.08. The molecule has 0 aromatic carbocycles. The van der Waals surface area contributed by atoms with E-state index in [4.69, 9.17) is 9.15 Å². The predicted octanol–water partition coefficient (Wildman–Crippen LogP) is 2.87. The third-order valence-electron chi connectivity index (χ3n) is 2.32. The first-order valence-corrected chi connectivity index (χ1v) is 6.78. The molecule has 0 fully saturated rings. The molecule has 0 aliphatic heterocycles. The number of oxazole rings is 1. The maximum atomic E-state index is 11.2. The molecular formula is C12H19NO3S. The summed E-state index contributed by atoms with van der Waals surface area (Å²) in [5.41, 5.74) is 0.929. The minimum atomic E-state index is -0.146. The Bertz CT molecular complexity index is 356. The lowest BCUT2D eigenvalue weighted by Crippen LogP contribution is -2.10. The first kappa shape index (κ1) is 14.1. The van der Waals surface area contributed by atoms with E-state index < -0.39 is 0 Å². The molecule has 0 spiro atoms. The van der Waals surface area contributed by atoms with E-state index in [0.717, 1.165) is 17.3 Å². The average Bonchev–Trinajstić information content (AvgIpc) is 2.56. The second-order valence-corrected chi connectivity index (χ2v) is 5.31. The molecule has 1 rings (SSSR count). The molecule has 1 aromatic heterocycles. The van der Waals surface area contributed by atoms with Gasteiger partial charge in [-0.3, -0.25) is 4.79 Å². The van der Waals surface area contributed by atoms with Gasteiger partial charge in [-0.25, -0.2) is 4.98 Å². The Kier molecular flexibility index (Phi) is 5.55. The third-order valence-corrected chi connectivity index (χ3v) is 3.47. The topological polar surface area (TPSA) is 52.3 Å². The molecule has 0 saturated heterocycles. The lowest BCUT2D eigenvalue weighted by atomic mass is 10.3. The number of esters is 1. The van der Waals surface area contributed by atoms with Crippen LogP contribution in [0, 0.1) is 13.8 Å². The SMILES string of the molecule is CCOC(=O)C[C@@H](C)SCc1nc(C)c(C)o1. The van der Waals surface area contributed by atoms with Gasteiger partial charge in [0.1, 0.15) is 5.76 Å². The van der Waals surface area contributed by atoms with E-state index in [1.54, 1.807) is 11.8 Å². The molecule has 4 nitrogen and oxygen atoms in total. The van der Waals surface area contributed by atoms with Crippen molar-refractivity contribution >= 4 is 17.7 Å². The number of thioether (sulfide) groups is 1. The quantitative estimate of drug-likeness (QED) is 0.733. The van der Waals surface area contributed by atoms with Gasteiger partial charge in [0, 0.05) is 5.25 Å². The molecule has 1 aromatic rings. The van der Waals surface area contributed by atoms with Crippen molar-refractivity contribution in [3.63, 3.8) is 0 Å². The molecule has 0 radical (unpaired) electrons. The summed E-state index contributed by atoms with van der Waals surface area (Å²) in [7, 11) is 0. The van der Waals surface area contributed by atoms with Crippen molar-refractivity contribution in [3.05, 3.63) is 17.3 Å². The zero-order valence-electron chi connectivity index (χ0n) is 10.8. The van der Waals surface area contributed by atoms with Crippen LogP contribution in [0.5, 0.6) is 0 Å². The lowest BCUT2D eigenvalue weighted by molar-refractivity contribution is -0.142. The first-order valence-electron chi connectivity index (χ1n) is 5.73. The van der Waals surface area contributed by atoms with Crippen molar-refractivity contribution in [1.82, 2.24) is 4.98 Å². The van der Waals surface area contributed by atoms with E-state index in [-0.39, 0.29) is 11.2 Å². The number of aryl methyl sites for hydroxylation is 2. The Balaban J connectivity index is 2.32. The Morgan fingerprint density at radius 1 is 1.53 bits per heavy atom. The summed E-state index contributed by atoms with van der Waals surface area (Å²) >= 11 is 1.65. The summed E-state index contributed by atoms with van der Waals surface area (Å²) in [5, 5.41) is 0.210. The summed E-state index contributed by atoms with van der Waals surface area (Å²) in [4.78, 5) is 15.5. The Hall–Kier alpha value is -0.970. The van der Waals surface area contributed by atoms with Crippen molar-refractivity contribution in [2.24, 2.45) is 0 Å². The summed E-state index contributed by atoms with van der Waals surface area (Å²) < 4.78 is 10.4. The summed E-state index contributed by atoms with van der Waals surface area (Å²) in [6.45, 7) is 8.08. The van der Waals surface area contributed by atoms with Crippen molar-refractivity contribution in [3.8, 4) is 0 Å². The van der Waals surface area contributed by atoms with Gasteiger partial charge >= 0.3 is 5.97 Å². The zero-order chi connectivity index (χ0) is 12.8. The highest BCUT2D eigenvalue weighted by atomic mass is 32.2. The fraction of sp³-hybridized carbons (Fsp3) is 0.667. The maximum Gasteiger partial charge on any atom is 0.306 e. The van der Waals surface area contributed by atoms with Crippen LogP contribution in [0.1, 0.15) is 37.6 Å². The highest BCUT2D eigenvalue weighted by molar-refractivity contribution is 7.99. The van der Waals surface area contributed by atoms with Gasteiger partial charge in [-0.15, -0.1) is 11.8 Å². The first-order chi connectivity index (χ1) is 8.02. The van der Waals surface area contributed by atoms with Crippen molar-refractivity contribution < 1.29 is 13.9 Å². The van der Waals surface area contributed by atoms with Gasteiger partial charge in [-0.2, -0.15) is 0 Å². The van der Waals surface area contributed by atoms with Crippen LogP contribution < -0.4 is 0 Å². The standard InChI is InChI=1S/C12H19NO3S/c1-5-15-12(14)6-8(2)17-7-11-13-9(3)10(4)16-11/h8H,5-7H2,1-4H3/t8-/m1/s1.